The van der Waals surface area contributed by atoms with Gasteiger partial charge in [0.15, 0.2) is 0 Å². The van der Waals surface area contributed by atoms with E-state index in [0.717, 1.165) is 0 Å². The normalized spacial score (nSPS) is 12.0. The van der Waals surface area contributed by atoms with E-state index < -0.39 is 7.82 Å². The van der Waals surface area contributed by atoms with E-state index >= 15 is 0 Å². The Bertz CT molecular complexity index is 292. The highest BCUT2D eigenvalue weighted by atomic mass is 31.2. The van der Waals surface area contributed by atoms with Crippen LogP contribution in [0.3, 0.4) is 0 Å². The molecule has 0 saturated carbocycles. The summed E-state index contributed by atoms with van der Waals surface area (Å²) < 4.78 is 51.4. The molecule has 0 amide bonds. The van der Waals surface area contributed by atoms with Gasteiger partial charge in [-0.2, -0.15) is 0 Å². The smallest absolute Gasteiger partial charge is 0.382 e. The summed E-state index contributed by atoms with van der Waals surface area (Å²) in [5, 5.41) is 0. The number of ether oxygens (including phenoxy) is 6. The molecule has 0 bridgehead atoms. The van der Waals surface area contributed by atoms with E-state index in [1.807, 2.05) is 0 Å². The van der Waals surface area contributed by atoms with Crippen LogP contribution in [0.1, 0.15) is 0 Å². The predicted octanol–water partition coefficient (Wildman–Crippen LogP) is 0.479. The van der Waals surface area contributed by atoms with Crippen LogP contribution in [0.4, 0.5) is 0 Å². The summed E-state index contributed by atoms with van der Waals surface area (Å²) in [6, 6.07) is 0. The first kappa shape index (κ1) is 24.9. The first-order valence-electron chi connectivity index (χ1n) is 8.03. The summed E-state index contributed by atoms with van der Waals surface area (Å²) in [6.45, 7) is 3.83. The van der Waals surface area contributed by atoms with Gasteiger partial charge >= 0.3 is 7.82 Å². The maximum Gasteiger partial charge on any atom is 0.472 e. The number of hydrogen-bond donors (Lipinski definition) is 1. The molecule has 0 aromatic heterocycles. The number of rotatable bonds is 20. The van der Waals surface area contributed by atoms with Gasteiger partial charge in [0.25, 0.3) is 0 Å². The quantitative estimate of drug-likeness (QED) is 0.233. The fraction of sp³-hybridized carbons (Fsp3) is 1.00. The van der Waals surface area contributed by atoms with Crippen LogP contribution < -0.4 is 0 Å². The topological polar surface area (TPSA) is 111 Å². The SMILES string of the molecule is COCCOCCOCCOP(=O)(O)OCCOCCOCCOC. The average molecular weight is 390 g/mol. The molecule has 0 aromatic rings. The van der Waals surface area contributed by atoms with Crippen molar-refractivity contribution < 1.29 is 46.9 Å². The van der Waals surface area contributed by atoms with Crippen molar-refractivity contribution in [2.24, 2.45) is 0 Å². The Morgan fingerprint density at radius 2 is 0.840 bits per heavy atom. The zero-order valence-electron chi connectivity index (χ0n) is 15.1. The molecule has 0 saturated heterocycles. The van der Waals surface area contributed by atoms with Gasteiger partial charge in [0, 0.05) is 14.2 Å². The van der Waals surface area contributed by atoms with Gasteiger partial charge in [-0.25, -0.2) is 4.57 Å². The summed E-state index contributed by atoms with van der Waals surface area (Å²) >= 11 is 0. The van der Waals surface area contributed by atoms with Crippen molar-refractivity contribution in [3.63, 3.8) is 0 Å². The fourth-order valence-electron chi connectivity index (χ4n) is 1.39. The Hall–Kier alpha value is -0.130. The van der Waals surface area contributed by atoms with Crippen LogP contribution in [0.15, 0.2) is 0 Å². The average Bonchev–Trinajstić information content (AvgIpc) is 2.59. The van der Waals surface area contributed by atoms with Crippen LogP contribution in [-0.4, -0.2) is 98.4 Å². The van der Waals surface area contributed by atoms with Crippen molar-refractivity contribution in [1.82, 2.24) is 0 Å². The second-order valence-corrected chi connectivity index (χ2v) is 6.02. The van der Waals surface area contributed by atoms with Crippen LogP contribution in [0.5, 0.6) is 0 Å². The highest BCUT2D eigenvalue weighted by Crippen LogP contribution is 2.42. The molecule has 11 heteroatoms. The first-order chi connectivity index (χ1) is 12.1. The molecule has 0 radical (unpaired) electrons. The lowest BCUT2D eigenvalue weighted by Crippen LogP contribution is -2.12. The molecule has 25 heavy (non-hydrogen) atoms. The molecule has 0 aliphatic rings. The maximum atomic E-state index is 11.6. The van der Waals surface area contributed by atoms with Gasteiger partial charge in [0.2, 0.25) is 0 Å². The standard InChI is InChI=1S/C14H31O10P/c1-17-3-5-19-7-9-21-11-13-23-25(15,16)24-14-12-22-10-8-20-6-4-18-2/h3-14H2,1-2H3,(H,15,16). The van der Waals surface area contributed by atoms with Crippen LogP contribution >= 0.6 is 7.82 Å². The first-order valence-corrected chi connectivity index (χ1v) is 9.52. The molecule has 0 atom stereocenters. The lowest BCUT2D eigenvalue weighted by Gasteiger charge is -2.12. The Morgan fingerprint density at radius 1 is 0.560 bits per heavy atom. The number of hydrogen-bond acceptors (Lipinski definition) is 9. The zero-order valence-corrected chi connectivity index (χ0v) is 15.9. The second kappa shape index (κ2) is 18.7. The molecule has 10 nitrogen and oxygen atoms in total. The summed E-state index contributed by atoms with van der Waals surface area (Å²) in [5.74, 6) is 0. The fourth-order valence-corrected chi connectivity index (χ4v) is 2.07. The van der Waals surface area contributed by atoms with E-state index in [4.69, 9.17) is 37.5 Å². The molecule has 152 valence electrons. The third-order valence-corrected chi connectivity index (χ3v) is 3.59. The molecule has 0 aliphatic carbocycles. The van der Waals surface area contributed by atoms with Crippen LogP contribution in [-0.2, 0) is 42.0 Å². The highest BCUT2D eigenvalue weighted by molar-refractivity contribution is 7.47. The number of phosphoric acid groups is 1. The van der Waals surface area contributed by atoms with Gasteiger partial charge in [0.05, 0.1) is 79.3 Å². The van der Waals surface area contributed by atoms with Crippen LogP contribution in [0.25, 0.3) is 0 Å². The van der Waals surface area contributed by atoms with Crippen molar-refractivity contribution in [1.29, 1.82) is 0 Å². The van der Waals surface area contributed by atoms with Gasteiger partial charge < -0.3 is 33.3 Å². The molecule has 0 unspecified atom stereocenters. The Morgan fingerprint density at radius 3 is 1.16 bits per heavy atom. The lowest BCUT2D eigenvalue weighted by molar-refractivity contribution is 0.00759. The summed E-state index contributed by atoms with van der Waals surface area (Å²) in [7, 11) is -0.899. The lowest BCUT2D eigenvalue weighted by atomic mass is 10.7. The molecule has 0 heterocycles. The third kappa shape index (κ3) is 20.0. The zero-order chi connectivity index (χ0) is 18.6. The number of phosphoric ester groups is 1. The Kier molecular flexibility index (Phi) is 18.6. The van der Waals surface area contributed by atoms with Crippen molar-refractivity contribution >= 4 is 7.82 Å². The van der Waals surface area contributed by atoms with E-state index in [0.29, 0.717) is 52.9 Å². The summed E-state index contributed by atoms with van der Waals surface area (Å²) in [4.78, 5) is 9.44. The summed E-state index contributed by atoms with van der Waals surface area (Å²) in [5.41, 5.74) is 0. The van der Waals surface area contributed by atoms with Crippen molar-refractivity contribution in [3.8, 4) is 0 Å². The number of methoxy groups -OCH3 is 2. The minimum atomic E-state index is -4.09. The van der Waals surface area contributed by atoms with Crippen LogP contribution in [0.2, 0.25) is 0 Å². The molecule has 0 aromatic carbocycles. The van der Waals surface area contributed by atoms with E-state index in [9.17, 15) is 9.46 Å². The maximum absolute atomic E-state index is 11.6. The highest BCUT2D eigenvalue weighted by Gasteiger charge is 2.20. The minimum Gasteiger partial charge on any atom is -0.382 e. The van der Waals surface area contributed by atoms with Gasteiger partial charge in [-0.05, 0) is 0 Å². The van der Waals surface area contributed by atoms with Gasteiger partial charge in [-0.1, -0.05) is 0 Å². The molecule has 0 rings (SSSR count). The van der Waals surface area contributed by atoms with E-state index in [1.165, 1.54) is 0 Å². The predicted molar refractivity (Wildman–Crippen MR) is 88.8 cm³/mol. The largest absolute Gasteiger partial charge is 0.472 e. The van der Waals surface area contributed by atoms with E-state index in [2.05, 4.69) is 0 Å². The summed E-state index contributed by atoms with van der Waals surface area (Å²) in [6.07, 6.45) is 0. The van der Waals surface area contributed by atoms with Gasteiger partial charge in [-0.3, -0.25) is 9.05 Å². The van der Waals surface area contributed by atoms with E-state index in [-0.39, 0.29) is 26.4 Å². The molecule has 0 spiro atoms. The van der Waals surface area contributed by atoms with Gasteiger partial charge in [0.1, 0.15) is 0 Å². The molecule has 0 aliphatic heterocycles. The van der Waals surface area contributed by atoms with Crippen molar-refractivity contribution in [3.05, 3.63) is 0 Å². The van der Waals surface area contributed by atoms with Crippen molar-refractivity contribution in [2.75, 3.05) is 93.5 Å². The Labute approximate surface area is 149 Å². The van der Waals surface area contributed by atoms with E-state index in [1.54, 1.807) is 14.2 Å². The van der Waals surface area contributed by atoms with Crippen molar-refractivity contribution in [2.45, 2.75) is 0 Å². The molecular weight excluding hydrogens is 359 g/mol. The molecule has 0 fully saturated rings. The second-order valence-electron chi connectivity index (χ2n) is 4.57. The third-order valence-electron chi connectivity index (χ3n) is 2.57. The van der Waals surface area contributed by atoms with Crippen LogP contribution in [0, 0.1) is 0 Å². The van der Waals surface area contributed by atoms with Gasteiger partial charge in [-0.15, -0.1) is 0 Å². The molecular formula is C14H31O10P. The molecule has 1 N–H and O–H groups in total. The monoisotopic (exact) mass is 390 g/mol. The Balaban J connectivity index is 3.34. The minimum absolute atomic E-state index is 0.0555.